The van der Waals surface area contributed by atoms with Gasteiger partial charge in [-0.25, -0.2) is 9.97 Å². The van der Waals surface area contributed by atoms with E-state index in [1.165, 1.54) is 6.33 Å². The monoisotopic (exact) mass is 438 g/mol. The Morgan fingerprint density at radius 1 is 1.06 bits per heavy atom. The van der Waals surface area contributed by atoms with Gasteiger partial charge in [0.25, 0.3) is 0 Å². The smallest absolute Gasteiger partial charge is 0.353 e. The van der Waals surface area contributed by atoms with E-state index in [9.17, 15) is 10.1 Å². The average Bonchev–Trinajstić information content (AvgIpc) is 2.78. The van der Waals surface area contributed by atoms with Crippen molar-refractivity contribution in [1.82, 2.24) is 9.97 Å². The van der Waals surface area contributed by atoms with E-state index >= 15 is 0 Å². The first-order chi connectivity index (χ1) is 15.0. The highest BCUT2D eigenvalue weighted by molar-refractivity contribution is 6.30. The van der Waals surface area contributed by atoms with Crippen LogP contribution >= 0.6 is 11.6 Å². The summed E-state index contributed by atoms with van der Waals surface area (Å²) in [6.45, 7) is 5.12. The third-order valence-electron chi connectivity index (χ3n) is 5.32. The fourth-order valence-electron chi connectivity index (χ4n) is 3.64. The number of halogens is 1. The summed E-state index contributed by atoms with van der Waals surface area (Å²) in [6.07, 6.45) is 1.38. The largest absolute Gasteiger partial charge is 0.368 e. The summed E-state index contributed by atoms with van der Waals surface area (Å²) in [5, 5.41) is 15.7. The minimum Gasteiger partial charge on any atom is -0.368 e. The number of aryl methyl sites for hydroxylation is 1. The molecule has 1 aromatic heterocycles. The highest BCUT2D eigenvalue weighted by Crippen LogP contribution is 2.33. The topological polar surface area (TPSA) is 87.4 Å². The molecule has 0 aliphatic carbocycles. The van der Waals surface area contributed by atoms with E-state index in [4.69, 9.17) is 11.6 Å². The van der Waals surface area contributed by atoms with Gasteiger partial charge in [0.1, 0.15) is 6.33 Å². The molecule has 0 atom stereocenters. The minimum atomic E-state index is -0.407. The lowest BCUT2D eigenvalue weighted by Crippen LogP contribution is -2.47. The highest BCUT2D eigenvalue weighted by Gasteiger charge is 2.29. The Bertz CT molecular complexity index is 1070. The SMILES string of the molecule is Cc1ccc(CNc2ncnc(N3CCN(c4cccc(Cl)c4)CC3)c2[N+](=O)[O-])cc1. The van der Waals surface area contributed by atoms with Crippen LogP contribution in [0, 0.1) is 17.0 Å². The molecule has 1 fully saturated rings. The molecular formula is C22H23ClN6O2. The molecule has 0 amide bonds. The van der Waals surface area contributed by atoms with Crippen LogP contribution in [0.15, 0.2) is 54.9 Å². The van der Waals surface area contributed by atoms with Crippen molar-refractivity contribution in [2.75, 3.05) is 41.3 Å². The predicted octanol–water partition coefficient (Wildman–Crippen LogP) is 4.29. The molecule has 1 saturated heterocycles. The third-order valence-corrected chi connectivity index (χ3v) is 5.55. The Morgan fingerprint density at radius 3 is 2.45 bits per heavy atom. The summed E-state index contributed by atoms with van der Waals surface area (Å²) < 4.78 is 0. The number of benzene rings is 2. The second-order valence-corrected chi connectivity index (χ2v) is 7.88. The molecule has 0 bridgehead atoms. The summed E-state index contributed by atoms with van der Waals surface area (Å²) in [5.74, 6) is 0.574. The van der Waals surface area contributed by atoms with E-state index in [1.54, 1.807) is 0 Å². The van der Waals surface area contributed by atoms with Crippen molar-refractivity contribution in [1.29, 1.82) is 0 Å². The number of rotatable bonds is 6. The van der Waals surface area contributed by atoms with Crippen molar-refractivity contribution < 1.29 is 4.92 Å². The predicted molar refractivity (Wildman–Crippen MR) is 123 cm³/mol. The molecule has 4 rings (SSSR count). The molecule has 1 aliphatic rings. The number of nitrogens with one attached hydrogen (secondary N) is 1. The highest BCUT2D eigenvalue weighted by atomic mass is 35.5. The summed E-state index contributed by atoms with van der Waals surface area (Å²) in [4.78, 5) is 24.0. The van der Waals surface area contributed by atoms with Crippen LogP contribution in [0.4, 0.5) is 23.0 Å². The Kier molecular flexibility index (Phi) is 6.18. The second kappa shape index (κ2) is 9.18. The first kappa shape index (κ1) is 20.9. The summed E-state index contributed by atoms with van der Waals surface area (Å²) in [5.41, 5.74) is 3.14. The number of nitro groups is 1. The maximum atomic E-state index is 11.9. The summed E-state index contributed by atoms with van der Waals surface area (Å²) in [7, 11) is 0. The van der Waals surface area contributed by atoms with Gasteiger partial charge < -0.3 is 15.1 Å². The van der Waals surface area contributed by atoms with Crippen molar-refractivity contribution in [3.05, 3.63) is 81.1 Å². The van der Waals surface area contributed by atoms with Gasteiger partial charge in [-0.05, 0) is 30.7 Å². The quantitative estimate of drug-likeness (QED) is 0.453. The molecular weight excluding hydrogens is 416 g/mol. The normalized spacial score (nSPS) is 13.9. The number of hydrogen-bond donors (Lipinski definition) is 1. The van der Waals surface area contributed by atoms with Gasteiger partial charge in [0, 0.05) is 43.4 Å². The number of anilines is 3. The fourth-order valence-corrected chi connectivity index (χ4v) is 3.82. The molecule has 3 aromatic rings. The van der Waals surface area contributed by atoms with Crippen molar-refractivity contribution in [2.45, 2.75) is 13.5 Å². The van der Waals surface area contributed by atoms with E-state index < -0.39 is 4.92 Å². The molecule has 0 unspecified atom stereocenters. The van der Waals surface area contributed by atoms with Crippen LogP contribution in [-0.2, 0) is 6.54 Å². The first-order valence-electron chi connectivity index (χ1n) is 10.1. The molecule has 1 N–H and O–H groups in total. The van der Waals surface area contributed by atoms with Crippen LogP contribution in [0.25, 0.3) is 0 Å². The van der Waals surface area contributed by atoms with Gasteiger partial charge in [0.05, 0.1) is 4.92 Å². The van der Waals surface area contributed by atoms with E-state index in [0.29, 0.717) is 43.6 Å². The number of hydrogen-bond acceptors (Lipinski definition) is 7. The van der Waals surface area contributed by atoms with E-state index in [1.807, 2.05) is 60.4 Å². The van der Waals surface area contributed by atoms with Crippen molar-refractivity contribution in [2.24, 2.45) is 0 Å². The first-order valence-corrected chi connectivity index (χ1v) is 10.4. The molecule has 0 radical (unpaired) electrons. The van der Waals surface area contributed by atoms with Crippen LogP contribution in [-0.4, -0.2) is 41.1 Å². The van der Waals surface area contributed by atoms with Crippen LogP contribution in [0.1, 0.15) is 11.1 Å². The molecule has 0 spiro atoms. The lowest BCUT2D eigenvalue weighted by atomic mass is 10.1. The Hall–Kier alpha value is -3.39. The fraction of sp³-hybridized carbons (Fsp3) is 0.273. The van der Waals surface area contributed by atoms with E-state index in [0.717, 1.165) is 16.8 Å². The zero-order chi connectivity index (χ0) is 21.8. The molecule has 160 valence electrons. The number of aromatic nitrogens is 2. The maximum Gasteiger partial charge on any atom is 0.353 e. The van der Waals surface area contributed by atoms with Crippen LogP contribution < -0.4 is 15.1 Å². The van der Waals surface area contributed by atoms with E-state index in [-0.39, 0.29) is 11.5 Å². The van der Waals surface area contributed by atoms with E-state index in [2.05, 4.69) is 20.2 Å². The van der Waals surface area contributed by atoms with Gasteiger partial charge in [-0.15, -0.1) is 0 Å². The third kappa shape index (κ3) is 4.86. The average molecular weight is 439 g/mol. The summed E-state index contributed by atoms with van der Waals surface area (Å²) in [6, 6.07) is 15.7. The minimum absolute atomic E-state index is 0.0918. The van der Waals surface area contributed by atoms with Crippen LogP contribution in [0.5, 0.6) is 0 Å². The molecule has 0 saturated carbocycles. The zero-order valence-corrected chi connectivity index (χ0v) is 17.9. The van der Waals surface area contributed by atoms with Crippen molar-refractivity contribution >= 4 is 34.6 Å². The molecule has 2 aromatic carbocycles. The Balaban J connectivity index is 1.50. The maximum absolute atomic E-state index is 11.9. The lowest BCUT2D eigenvalue weighted by Gasteiger charge is -2.36. The van der Waals surface area contributed by atoms with Gasteiger partial charge in [0.2, 0.25) is 11.6 Å². The number of nitrogens with zero attached hydrogens (tertiary/aromatic N) is 5. The molecule has 9 heteroatoms. The molecule has 2 heterocycles. The van der Waals surface area contributed by atoms with Crippen LogP contribution in [0.2, 0.25) is 5.02 Å². The van der Waals surface area contributed by atoms with Gasteiger partial charge >= 0.3 is 5.69 Å². The summed E-state index contributed by atoms with van der Waals surface area (Å²) >= 11 is 6.11. The zero-order valence-electron chi connectivity index (χ0n) is 17.2. The Morgan fingerprint density at radius 2 is 1.77 bits per heavy atom. The molecule has 8 nitrogen and oxygen atoms in total. The van der Waals surface area contributed by atoms with Crippen molar-refractivity contribution in [3.8, 4) is 0 Å². The molecule has 31 heavy (non-hydrogen) atoms. The van der Waals surface area contributed by atoms with Gasteiger partial charge in [-0.1, -0.05) is 47.5 Å². The number of piperazine rings is 1. The van der Waals surface area contributed by atoms with Crippen molar-refractivity contribution in [3.63, 3.8) is 0 Å². The van der Waals surface area contributed by atoms with Crippen LogP contribution in [0.3, 0.4) is 0 Å². The van der Waals surface area contributed by atoms with Gasteiger partial charge in [0.15, 0.2) is 0 Å². The lowest BCUT2D eigenvalue weighted by molar-refractivity contribution is -0.383. The van der Waals surface area contributed by atoms with Gasteiger partial charge in [-0.3, -0.25) is 10.1 Å². The second-order valence-electron chi connectivity index (χ2n) is 7.44. The molecule has 1 aliphatic heterocycles. The Labute approximate surface area is 185 Å². The van der Waals surface area contributed by atoms with Gasteiger partial charge in [-0.2, -0.15) is 0 Å². The standard InChI is InChI=1S/C22H23ClN6O2/c1-16-5-7-17(8-6-16)14-24-21-20(29(30)31)22(26-15-25-21)28-11-9-27(10-12-28)19-4-2-3-18(23)13-19/h2-8,13,15H,9-12,14H2,1H3,(H,24,25,26).